The SMILES string of the molecule is CC(C)/C=C/COCCCC(C)C. The summed E-state index contributed by atoms with van der Waals surface area (Å²) in [5.74, 6) is 1.44. The van der Waals surface area contributed by atoms with E-state index in [2.05, 4.69) is 39.8 Å². The lowest BCUT2D eigenvalue weighted by Gasteiger charge is -2.04. The van der Waals surface area contributed by atoms with Crippen LogP contribution in [0.3, 0.4) is 0 Å². The van der Waals surface area contributed by atoms with Crippen LogP contribution < -0.4 is 0 Å². The maximum Gasteiger partial charge on any atom is 0.0647 e. The molecule has 0 aliphatic rings. The van der Waals surface area contributed by atoms with Gasteiger partial charge in [0.1, 0.15) is 0 Å². The van der Waals surface area contributed by atoms with Crippen LogP contribution in [-0.2, 0) is 4.74 Å². The molecule has 0 bridgehead atoms. The lowest BCUT2D eigenvalue weighted by atomic mass is 10.1. The predicted octanol–water partition coefficient (Wildman–Crippen LogP) is 3.65. The predicted molar refractivity (Wildman–Crippen MR) is 58.9 cm³/mol. The molecule has 0 unspecified atom stereocenters. The lowest BCUT2D eigenvalue weighted by Crippen LogP contribution is -1.97. The minimum atomic E-state index is 0.638. The van der Waals surface area contributed by atoms with Gasteiger partial charge in [0, 0.05) is 6.61 Å². The molecule has 0 fully saturated rings. The summed E-state index contributed by atoms with van der Waals surface area (Å²) in [6, 6.07) is 0. The first kappa shape index (κ1) is 12.7. The zero-order valence-corrected chi connectivity index (χ0v) is 9.55. The highest BCUT2D eigenvalue weighted by atomic mass is 16.5. The Morgan fingerprint density at radius 2 is 1.85 bits per heavy atom. The summed E-state index contributed by atoms with van der Waals surface area (Å²) in [4.78, 5) is 0. The Labute approximate surface area is 83.2 Å². The Morgan fingerprint density at radius 3 is 2.38 bits per heavy atom. The highest BCUT2D eigenvalue weighted by Crippen LogP contribution is 2.03. The molecule has 0 N–H and O–H groups in total. The molecule has 0 atom stereocenters. The van der Waals surface area contributed by atoms with Gasteiger partial charge in [0.25, 0.3) is 0 Å². The van der Waals surface area contributed by atoms with Crippen LogP contribution in [0.25, 0.3) is 0 Å². The van der Waals surface area contributed by atoms with Crippen molar-refractivity contribution in [2.75, 3.05) is 13.2 Å². The van der Waals surface area contributed by atoms with E-state index in [4.69, 9.17) is 4.74 Å². The van der Waals surface area contributed by atoms with E-state index in [1.807, 2.05) is 0 Å². The van der Waals surface area contributed by atoms with Crippen molar-refractivity contribution in [1.29, 1.82) is 0 Å². The molecular weight excluding hydrogens is 160 g/mol. The first-order valence-electron chi connectivity index (χ1n) is 5.37. The molecule has 0 spiro atoms. The van der Waals surface area contributed by atoms with Gasteiger partial charge in [-0.05, 0) is 24.7 Å². The van der Waals surface area contributed by atoms with Gasteiger partial charge < -0.3 is 4.74 Å². The summed E-state index contributed by atoms with van der Waals surface area (Å²) in [5, 5.41) is 0. The van der Waals surface area contributed by atoms with Crippen LogP contribution in [0.1, 0.15) is 40.5 Å². The monoisotopic (exact) mass is 184 g/mol. The minimum absolute atomic E-state index is 0.638. The molecule has 0 rings (SSSR count). The third-order valence-corrected chi connectivity index (χ3v) is 1.81. The molecule has 0 saturated heterocycles. The van der Waals surface area contributed by atoms with E-state index in [1.165, 1.54) is 12.8 Å². The molecule has 0 aromatic carbocycles. The summed E-state index contributed by atoms with van der Waals surface area (Å²) in [7, 11) is 0. The first-order valence-corrected chi connectivity index (χ1v) is 5.37. The third-order valence-electron chi connectivity index (χ3n) is 1.81. The fraction of sp³-hybridized carbons (Fsp3) is 0.833. The Kier molecular flexibility index (Phi) is 8.11. The van der Waals surface area contributed by atoms with Crippen LogP contribution in [-0.4, -0.2) is 13.2 Å². The van der Waals surface area contributed by atoms with Crippen LogP contribution in [0.15, 0.2) is 12.2 Å². The number of allylic oxidation sites excluding steroid dienone is 1. The van der Waals surface area contributed by atoms with Crippen molar-refractivity contribution in [3.8, 4) is 0 Å². The van der Waals surface area contributed by atoms with Crippen molar-refractivity contribution in [3.63, 3.8) is 0 Å². The molecule has 1 nitrogen and oxygen atoms in total. The van der Waals surface area contributed by atoms with Gasteiger partial charge in [-0.3, -0.25) is 0 Å². The minimum Gasteiger partial charge on any atom is -0.377 e. The van der Waals surface area contributed by atoms with Gasteiger partial charge >= 0.3 is 0 Å². The van der Waals surface area contributed by atoms with Gasteiger partial charge in [-0.15, -0.1) is 0 Å². The number of hydrogen-bond donors (Lipinski definition) is 0. The number of rotatable bonds is 7. The molecule has 0 saturated carbocycles. The Morgan fingerprint density at radius 1 is 1.15 bits per heavy atom. The fourth-order valence-electron chi connectivity index (χ4n) is 1.07. The van der Waals surface area contributed by atoms with Crippen LogP contribution in [0.4, 0.5) is 0 Å². The highest BCUT2D eigenvalue weighted by Gasteiger charge is 1.92. The van der Waals surface area contributed by atoms with E-state index in [0.717, 1.165) is 19.1 Å². The molecule has 0 aliphatic carbocycles. The van der Waals surface area contributed by atoms with Crippen LogP contribution in [0, 0.1) is 11.8 Å². The Hall–Kier alpha value is -0.300. The summed E-state index contributed by atoms with van der Waals surface area (Å²) >= 11 is 0. The second-order valence-corrected chi connectivity index (χ2v) is 4.28. The zero-order chi connectivity index (χ0) is 10.1. The smallest absolute Gasteiger partial charge is 0.0647 e. The highest BCUT2D eigenvalue weighted by molar-refractivity contribution is 4.83. The van der Waals surface area contributed by atoms with Gasteiger partial charge in [0.15, 0.2) is 0 Å². The van der Waals surface area contributed by atoms with E-state index in [0.29, 0.717) is 5.92 Å². The standard InChI is InChI=1S/C12H24O/c1-11(2)7-5-9-13-10-6-8-12(3)4/h5,7,11-12H,6,8-10H2,1-4H3/b7-5+. The molecule has 0 radical (unpaired) electrons. The molecule has 0 amide bonds. The Balaban J connectivity index is 3.08. The second kappa shape index (κ2) is 8.31. The van der Waals surface area contributed by atoms with E-state index in [-0.39, 0.29) is 0 Å². The maximum atomic E-state index is 5.45. The number of ether oxygens (including phenoxy) is 1. The van der Waals surface area contributed by atoms with E-state index in [1.54, 1.807) is 0 Å². The summed E-state index contributed by atoms with van der Waals surface area (Å²) in [6.45, 7) is 10.5. The average molecular weight is 184 g/mol. The largest absolute Gasteiger partial charge is 0.377 e. The van der Waals surface area contributed by atoms with Crippen LogP contribution >= 0.6 is 0 Å². The van der Waals surface area contributed by atoms with Crippen molar-refractivity contribution < 1.29 is 4.74 Å². The summed E-state index contributed by atoms with van der Waals surface area (Å²) < 4.78 is 5.45. The molecule has 13 heavy (non-hydrogen) atoms. The topological polar surface area (TPSA) is 9.23 Å². The van der Waals surface area contributed by atoms with Crippen molar-refractivity contribution in [2.45, 2.75) is 40.5 Å². The van der Waals surface area contributed by atoms with Crippen LogP contribution in [0.2, 0.25) is 0 Å². The van der Waals surface area contributed by atoms with E-state index < -0.39 is 0 Å². The van der Waals surface area contributed by atoms with E-state index in [9.17, 15) is 0 Å². The van der Waals surface area contributed by atoms with Crippen molar-refractivity contribution in [2.24, 2.45) is 11.8 Å². The zero-order valence-electron chi connectivity index (χ0n) is 9.55. The van der Waals surface area contributed by atoms with Crippen molar-refractivity contribution in [3.05, 3.63) is 12.2 Å². The number of hydrogen-bond acceptors (Lipinski definition) is 1. The maximum absolute atomic E-state index is 5.45. The second-order valence-electron chi connectivity index (χ2n) is 4.28. The summed E-state index contributed by atoms with van der Waals surface area (Å²) in [5.41, 5.74) is 0. The van der Waals surface area contributed by atoms with Gasteiger partial charge in [-0.25, -0.2) is 0 Å². The average Bonchev–Trinajstić information content (AvgIpc) is 2.01. The molecule has 0 aliphatic heterocycles. The normalized spacial score (nSPS) is 12.2. The Bertz CT molecular complexity index is 125. The third kappa shape index (κ3) is 11.7. The van der Waals surface area contributed by atoms with Crippen molar-refractivity contribution >= 4 is 0 Å². The molecule has 0 heterocycles. The first-order chi connectivity index (χ1) is 6.13. The fourth-order valence-corrected chi connectivity index (χ4v) is 1.07. The van der Waals surface area contributed by atoms with Gasteiger partial charge in [0.2, 0.25) is 0 Å². The quantitative estimate of drug-likeness (QED) is 0.433. The van der Waals surface area contributed by atoms with Crippen molar-refractivity contribution in [1.82, 2.24) is 0 Å². The van der Waals surface area contributed by atoms with Gasteiger partial charge in [-0.2, -0.15) is 0 Å². The summed E-state index contributed by atoms with van der Waals surface area (Å²) in [6.07, 6.45) is 6.75. The molecule has 0 aromatic heterocycles. The van der Waals surface area contributed by atoms with Gasteiger partial charge in [0.05, 0.1) is 6.61 Å². The molecule has 0 aromatic rings. The molecule has 1 heteroatoms. The molecule has 78 valence electrons. The van der Waals surface area contributed by atoms with Crippen LogP contribution in [0.5, 0.6) is 0 Å². The molecular formula is C12H24O. The van der Waals surface area contributed by atoms with E-state index >= 15 is 0 Å². The lowest BCUT2D eigenvalue weighted by molar-refractivity contribution is 0.154. The van der Waals surface area contributed by atoms with Gasteiger partial charge in [-0.1, -0.05) is 39.8 Å².